The van der Waals surface area contributed by atoms with Gasteiger partial charge < -0.3 is 10.0 Å². The van der Waals surface area contributed by atoms with E-state index in [-0.39, 0.29) is 23.4 Å². The van der Waals surface area contributed by atoms with Crippen LogP contribution in [0.3, 0.4) is 0 Å². The zero-order chi connectivity index (χ0) is 21.3. The lowest BCUT2D eigenvalue weighted by Gasteiger charge is -2.26. The van der Waals surface area contributed by atoms with Crippen molar-refractivity contribution >= 4 is 29.1 Å². The van der Waals surface area contributed by atoms with Crippen molar-refractivity contribution < 1.29 is 19.1 Å². The Morgan fingerprint density at radius 3 is 2.47 bits per heavy atom. The molecular formula is C23H16ClFN2O3. The molecule has 1 aromatic heterocycles. The summed E-state index contributed by atoms with van der Waals surface area (Å²) in [5, 5.41) is 11.3. The second kappa shape index (κ2) is 8.08. The molecule has 7 heteroatoms. The molecule has 1 saturated heterocycles. The van der Waals surface area contributed by atoms with Crippen LogP contribution in [0, 0.1) is 5.82 Å². The first-order chi connectivity index (χ1) is 14.5. The summed E-state index contributed by atoms with van der Waals surface area (Å²) in [7, 11) is 0. The van der Waals surface area contributed by atoms with Crippen molar-refractivity contribution in [1.82, 2.24) is 9.88 Å². The van der Waals surface area contributed by atoms with Crippen LogP contribution >= 0.6 is 11.6 Å². The van der Waals surface area contributed by atoms with E-state index < -0.39 is 23.5 Å². The molecule has 1 atom stereocenters. The Morgan fingerprint density at radius 2 is 1.80 bits per heavy atom. The van der Waals surface area contributed by atoms with Gasteiger partial charge in [0.15, 0.2) is 0 Å². The first-order valence-electron chi connectivity index (χ1n) is 9.15. The summed E-state index contributed by atoms with van der Waals surface area (Å²) in [6, 6.07) is 14.5. The van der Waals surface area contributed by atoms with E-state index in [0.29, 0.717) is 10.6 Å². The fourth-order valence-electron chi connectivity index (χ4n) is 3.51. The van der Waals surface area contributed by atoms with Gasteiger partial charge in [0.05, 0.1) is 11.6 Å². The standard InChI is InChI=1S/C23H16ClFN2O3/c24-18-6-2-1-5-17(18)20-19(21(28)15-7-9-16(25)10-8-15)22(29)23(30)27(20)13-14-4-3-11-26-12-14/h1-12,20,28H,13H2. The molecule has 30 heavy (non-hydrogen) atoms. The molecule has 0 bridgehead atoms. The molecule has 1 aliphatic rings. The van der Waals surface area contributed by atoms with E-state index in [0.717, 1.165) is 5.56 Å². The average molecular weight is 423 g/mol. The van der Waals surface area contributed by atoms with Gasteiger partial charge in [-0.3, -0.25) is 14.6 Å². The molecule has 0 saturated carbocycles. The highest BCUT2D eigenvalue weighted by atomic mass is 35.5. The predicted molar refractivity (Wildman–Crippen MR) is 110 cm³/mol. The number of aliphatic hydroxyl groups excluding tert-OH is 1. The number of ketones is 1. The number of carbonyl (C=O) groups is 2. The minimum atomic E-state index is -0.899. The van der Waals surface area contributed by atoms with Crippen LogP contribution in [0.5, 0.6) is 0 Å². The topological polar surface area (TPSA) is 70.5 Å². The number of benzene rings is 2. The van der Waals surface area contributed by atoms with Gasteiger partial charge in [-0.2, -0.15) is 0 Å². The summed E-state index contributed by atoms with van der Waals surface area (Å²) in [5.41, 5.74) is 1.36. The lowest BCUT2D eigenvalue weighted by atomic mass is 9.95. The van der Waals surface area contributed by atoms with Gasteiger partial charge in [-0.1, -0.05) is 35.9 Å². The lowest BCUT2D eigenvalue weighted by molar-refractivity contribution is -0.140. The van der Waals surface area contributed by atoms with Gasteiger partial charge in [-0.15, -0.1) is 0 Å². The van der Waals surface area contributed by atoms with Crippen molar-refractivity contribution in [1.29, 1.82) is 0 Å². The van der Waals surface area contributed by atoms with Crippen LogP contribution in [0.4, 0.5) is 4.39 Å². The normalized spacial score (nSPS) is 18.1. The van der Waals surface area contributed by atoms with Crippen molar-refractivity contribution in [2.75, 3.05) is 0 Å². The summed E-state index contributed by atoms with van der Waals surface area (Å²) in [5.74, 6) is -2.45. The fraction of sp³-hybridized carbons (Fsp3) is 0.0870. The van der Waals surface area contributed by atoms with E-state index in [1.807, 2.05) is 0 Å². The minimum Gasteiger partial charge on any atom is -0.507 e. The Balaban J connectivity index is 1.88. The highest BCUT2D eigenvalue weighted by molar-refractivity contribution is 6.46. The molecule has 2 heterocycles. The molecule has 1 N–H and O–H groups in total. The van der Waals surface area contributed by atoms with Crippen molar-refractivity contribution in [2.45, 2.75) is 12.6 Å². The van der Waals surface area contributed by atoms with Crippen LogP contribution in [0.25, 0.3) is 5.76 Å². The molecule has 0 spiro atoms. The first-order valence-corrected chi connectivity index (χ1v) is 9.53. The lowest BCUT2D eigenvalue weighted by Crippen LogP contribution is -2.29. The molecule has 1 amide bonds. The van der Waals surface area contributed by atoms with Crippen LogP contribution < -0.4 is 0 Å². The third-order valence-electron chi connectivity index (χ3n) is 4.93. The quantitative estimate of drug-likeness (QED) is 0.382. The second-order valence-electron chi connectivity index (χ2n) is 6.82. The van der Waals surface area contributed by atoms with Crippen molar-refractivity contribution in [3.05, 3.63) is 106 Å². The highest BCUT2D eigenvalue weighted by Gasteiger charge is 2.46. The van der Waals surface area contributed by atoms with Crippen molar-refractivity contribution in [3.8, 4) is 0 Å². The van der Waals surface area contributed by atoms with E-state index in [4.69, 9.17) is 11.6 Å². The monoisotopic (exact) mass is 422 g/mol. The van der Waals surface area contributed by atoms with Crippen LogP contribution in [0.2, 0.25) is 5.02 Å². The van der Waals surface area contributed by atoms with Crippen LogP contribution in [0.1, 0.15) is 22.7 Å². The Morgan fingerprint density at radius 1 is 1.07 bits per heavy atom. The average Bonchev–Trinajstić information content (AvgIpc) is 3.00. The van der Waals surface area contributed by atoms with Crippen molar-refractivity contribution in [3.63, 3.8) is 0 Å². The van der Waals surface area contributed by atoms with E-state index >= 15 is 0 Å². The Bertz CT molecular complexity index is 1150. The largest absolute Gasteiger partial charge is 0.507 e. The molecule has 5 nitrogen and oxygen atoms in total. The third-order valence-corrected chi connectivity index (χ3v) is 5.28. The van der Waals surface area contributed by atoms with Gasteiger partial charge in [-0.05, 0) is 47.5 Å². The number of likely N-dealkylation sites (tertiary alicyclic amines) is 1. The summed E-state index contributed by atoms with van der Waals surface area (Å²) < 4.78 is 13.3. The molecule has 0 aliphatic carbocycles. The molecule has 1 aliphatic heterocycles. The van der Waals surface area contributed by atoms with Gasteiger partial charge in [-0.25, -0.2) is 4.39 Å². The van der Waals surface area contributed by atoms with Crippen LogP contribution in [-0.2, 0) is 16.1 Å². The number of pyridine rings is 1. The fourth-order valence-corrected chi connectivity index (χ4v) is 3.75. The number of rotatable bonds is 4. The molecule has 0 radical (unpaired) electrons. The molecule has 4 rings (SSSR count). The maximum absolute atomic E-state index is 13.3. The smallest absolute Gasteiger partial charge is 0.295 e. The molecule has 1 unspecified atom stereocenters. The van der Waals surface area contributed by atoms with Gasteiger partial charge in [0.1, 0.15) is 11.6 Å². The van der Waals surface area contributed by atoms with Gasteiger partial charge in [0.2, 0.25) is 0 Å². The zero-order valence-electron chi connectivity index (χ0n) is 15.6. The molecule has 2 aromatic carbocycles. The van der Waals surface area contributed by atoms with Gasteiger partial charge in [0.25, 0.3) is 11.7 Å². The first kappa shape index (κ1) is 19.8. The molecule has 1 fully saturated rings. The number of aliphatic hydroxyl groups is 1. The van der Waals surface area contributed by atoms with Crippen LogP contribution in [-0.4, -0.2) is 26.7 Å². The molecule has 150 valence electrons. The van der Waals surface area contributed by atoms with E-state index in [2.05, 4.69) is 4.98 Å². The number of hydrogen-bond donors (Lipinski definition) is 1. The second-order valence-corrected chi connectivity index (χ2v) is 7.22. The predicted octanol–water partition coefficient (Wildman–Crippen LogP) is 4.50. The summed E-state index contributed by atoms with van der Waals surface area (Å²) >= 11 is 6.39. The molecular weight excluding hydrogens is 407 g/mol. The number of nitrogens with zero attached hydrogens (tertiary/aromatic N) is 2. The SMILES string of the molecule is O=C1C(=O)N(Cc2cccnc2)C(c2ccccc2Cl)C1=C(O)c1ccc(F)cc1. The van der Waals surface area contributed by atoms with Crippen LogP contribution in [0.15, 0.2) is 78.6 Å². The van der Waals surface area contributed by atoms with Gasteiger partial charge >= 0.3 is 0 Å². The number of halogens is 2. The Labute approximate surface area is 177 Å². The number of carbonyl (C=O) groups excluding carboxylic acids is 2. The maximum Gasteiger partial charge on any atom is 0.295 e. The third kappa shape index (κ3) is 3.57. The van der Waals surface area contributed by atoms with E-state index in [1.165, 1.54) is 29.2 Å². The molecule has 3 aromatic rings. The number of amides is 1. The Hall–Kier alpha value is -3.51. The highest BCUT2D eigenvalue weighted by Crippen LogP contribution is 2.42. The van der Waals surface area contributed by atoms with E-state index in [1.54, 1.807) is 48.8 Å². The summed E-state index contributed by atoms with van der Waals surface area (Å²) in [4.78, 5) is 31.3. The van der Waals surface area contributed by atoms with E-state index in [9.17, 15) is 19.1 Å². The summed E-state index contributed by atoms with van der Waals surface area (Å²) in [6.07, 6.45) is 3.21. The minimum absolute atomic E-state index is 0.0939. The number of aromatic nitrogens is 1. The Kier molecular flexibility index (Phi) is 5.33. The van der Waals surface area contributed by atoms with Gasteiger partial charge in [0, 0.05) is 29.5 Å². The number of hydrogen-bond acceptors (Lipinski definition) is 4. The van der Waals surface area contributed by atoms with Crippen molar-refractivity contribution in [2.24, 2.45) is 0 Å². The summed E-state index contributed by atoms with van der Waals surface area (Å²) in [6.45, 7) is 0.106. The zero-order valence-corrected chi connectivity index (χ0v) is 16.4. The maximum atomic E-state index is 13.3. The number of Topliss-reactive ketones (excluding diaryl/α,β-unsaturated/α-hetero) is 1.